The third kappa shape index (κ3) is 5.23. The van der Waals surface area contributed by atoms with E-state index < -0.39 is 0 Å². The molecule has 0 aliphatic rings. The molecule has 3 heteroatoms. The van der Waals surface area contributed by atoms with Gasteiger partial charge in [0, 0.05) is 17.8 Å². The number of rotatable bonds is 5. The minimum atomic E-state index is 0.0246. The first-order valence-electron chi connectivity index (χ1n) is 9.66. The Kier molecular flexibility index (Phi) is 5.84. The Morgan fingerprint density at radius 1 is 0.893 bits per heavy atom. The van der Waals surface area contributed by atoms with Crippen molar-refractivity contribution in [3.05, 3.63) is 83.9 Å². The van der Waals surface area contributed by atoms with E-state index in [1.807, 2.05) is 48.5 Å². The molecule has 0 aromatic heterocycles. The Labute approximate surface area is 167 Å². The maximum Gasteiger partial charge on any atom is 0.224 e. The van der Waals surface area contributed by atoms with Crippen molar-refractivity contribution in [2.24, 2.45) is 0 Å². The molecule has 0 spiro atoms. The third-order valence-corrected chi connectivity index (χ3v) is 4.85. The van der Waals surface area contributed by atoms with Gasteiger partial charge in [-0.25, -0.2) is 0 Å². The van der Waals surface area contributed by atoms with Crippen molar-refractivity contribution in [3.63, 3.8) is 0 Å². The average molecular weight is 373 g/mol. The summed E-state index contributed by atoms with van der Waals surface area (Å²) in [5.74, 6) is 0.0246. The molecule has 0 saturated heterocycles. The summed E-state index contributed by atoms with van der Waals surface area (Å²) < 4.78 is 0. The van der Waals surface area contributed by atoms with Gasteiger partial charge in [0.15, 0.2) is 0 Å². The van der Waals surface area contributed by atoms with E-state index in [0.717, 1.165) is 28.9 Å². The summed E-state index contributed by atoms with van der Waals surface area (Å²) in [5, 5.41) is 2.97. The lowest BCUT2D eigenvalue weighted by Crippen LogP contribution is -2.13. The Bertz CT molecular complexity index is 936. The largest absolute Gasteiger partial charge is 0.399 e. The van der Waals surface area contributed by atoms with Crippen molar-refractivity contribution >= 4 is 17.3 Å². The first-order chi connectivity index (χ1) is 13.3. The van der Waals surface area contributed by atoms with Crippen molar-refractivity contribution in [2.45, 2.75) is 39.0 Å². The van der Waals surface area contributed by atoms with Crippen molar-refractivity contribution in [2.75, 3.05) is 11.1 Å². The molecule has 0 atom stereocenters. The summed E-state index contributed by atoms with van der Waals surface area (Å²) >= 11 is 0. The number of hydrogen-bond acceptors (Lipinski definition) is 2. The molecule has 144 valence electrons. The molecule has 3 N–H and O–H groups in total. The molecule has 0 saturated carbocycles. The summed E-state index contributed by atoms with van der Waals surface area (Å²) in [7, 11) is 0. The van der Waals surface area contributed by atoms with Crippen molar-refractivity contribution < 1.29 is 4.79 Å². The normalized spacial score (nSPS) is 11.2. The molecular formula is C25H28N2O. The number of nitrogen functional groups attached to an aromatic ring is 1. The van der Waals surface area contributed by atoms with Crippen molar-refractivity contribution in [1.82, 2.24) is 0 Å². The van der Waals surface area contributed by atoms with Gasteiger partial charge in [-0.15, -0.1) is 0 Å². The Morgan fingerprint density at radius 3 is 2.18 bits per heavy atom. The van der Waals surface area contributed by atoms with Gasteiger partial charge in [-0.2, -0.15) is 0 Å². The van der Waals surface area contributed by atoms with E-state index in [-0.39, 0.29) is 11.3 Å². The van der Waals surface area contributed by atoms with Crippen LogP contribution in [0.15, 0.2) is 72.8 Å². The highest BCUT2D eigenvalue weighted by Crippen LogP contribution is 2.24. The standard InChI is InChI=1S/C25H28N2O/c1-25(2,3)21-12-7-18(8-13-21)9-16-24(28)27-23-14-10-19(11-15-23)20-5-4-6-22(26)17-20/h4-8,10-15,17H,9,16,26H2,1-3H3,(H,27,28). The average Bonchev–Trinajstić information content (AvgIpc) is 2.67. The number of anilines is 2. The molecule has 3 aromatic rings. The molecule has 0 bridgehead atoms. The lowest BCUT2D eigenvalue weighted by atomic mass is 9.86. The molecule has 28 heavy (non-hydrogen) atoms. The molecule has 0 radical (unpaired) electrons. The number of nitrogens with two attached hydrogens (primary N) is 1. The lowest BCUT2D eigenvalue weighted by Gasteiger charge is -2.19. The second-order valence-electron chi connectivity index (χ2n) is 8.20. The number of nitrogens with one attached hydrogen (secondary N) is 1. The number of carbonyl (C=O) groups is 1. The third-order valence-electron chi connectivity index (χ3n) is 4.85. The number of benzene rings is 3. The maximum atomic E-state index is 12.3. The lowest BCUT2D eigenvalue weighted by molar-refractivity contribution is -0.116. The summed E-state index contributed by atoms with van der Waals surface area (Å²) in [6, 6.07) is 24.2. The fourth-order valence-corrected chi connectivity index (χ4v) is 3.12. The van der Waals surface area contributed by atoms with Crippen LogP contribution in [-0.2, 0) is 16.6 Å². The van der Waals surface area contributed by atoms with Gasteiger partial charge in [0.1, 0.15) is 0 Å². The van der Waals surface area contributed by atoms with Gasteiger partial charge >= 0.3 is 0 Å². The van der Waals surface area contributed by atoms with Crippen LogP contribution in [0.2, 0.25) is 0 Å². The fourth-order valence-electron chi connectivity index (χ4n) is 3.12. The second kappa shape index (κ2) is 8.30. The Morgan fingerprint density at radius 2 is 1.57 bits per heavy atom. The predicted octanol–water partition coefficient (Wildman–Crippen LogP) is 5.80. The molecular weight excluding hydrogens is 344 g/mol. The van der Waals surface area contributed by atoms with Crippen LogP contribution in [0.25, 0.3) is 11.1 Å². The highest BCUT2D eigenvalue weighted by molar-refractivity contribution is 5.91. The molecule has 0 fully saturated rings. The molecule has 0 aliphatic carbocycles. The van der Waals surface area contributed by atoms with Crippen LogP contribution in [0.1, 0.15) is 38.3 Å². The molecule has 3 nitrogen and oxygen atoms in total. The number of carbonyl (C=O) groups excluding carboxylic acids is 1. The smallest absolute Gasteiger partial charge is 0.224 e. The Hall–Kier alpha value is -3.07. The van der Waals surface area contributed by atoms with E-state index >= 15 is 0 Å². The molecule has 3 aromatic carbocycles. The van der Waals surface area contributed by atoms with Gasteiger partial charge in [-0.1, -0.05) is 69.3 Å². The SMILES string of the molecule is CC(C)(C)c1ccc(CCC(=O)Nc2ccc(-c3cccc(N)c3)cc2)cc1. The molecule has 1 amide bonds. The monoisotopic (exact) mass is 372 g/mol. The minimum absolute atomic E-state index is 0.0246. The first kappa shape index (κ1) is 19.7. The summed E-state index contributed by atoms with van der Waals surface area (Å²) in [6.07, 6.45) is 1.20. The maximum absolute atomic E-state index is 12.3. The van der Waals surface area contributed by atoms with E-state index in [2.05, 4.69) is 50.4 Å². The van der Waals surface area contributed by atoms with E-state index in [9.17, 15) is 4.79 Å². The zero-order valence-corrected chi connectivity index (χ0v) is 16.8. The van der Waals surface area contributed by atoms with Gasteiger partial charge in [0.25, 0.3) is 0 Å². The van der Waals surface area contributed by atoms with E-state index in [1.54, 1.807) is 0 Å². The van der Waals surface area contributed by atoms with Crippen molar-refractivity contribution in [3.8, 4) is 11.1 Å². The summed E-state index contributed by atoms with van der Waals surface area (Å²) in [4.78, 5) is 12.3. The zero-order valence-electron chi connectivity index (χ0n) is 16.8. The summed E-state index contributed by atoms with van der Waals surface area (Å²) in [5.41, 5.74) is 12.2. The Balaban J connectivity index is 1.55. The van der Waals surface area contributed by atoms with Crippen molar-refractivity contribution in [1.29, 1.82) is 0 Å². The molecule has 0 aliphatic heterocycles. The van der Waals surface area contributed by atoms with Gasteiger partial charge in [-0.3, -0.25) is 4.79 Å². The topological polar surface area (TPSA) is 55.1 Å². The van der Waals surface area contributed by atoms with Gasteiger partial charge in [-0.05, 0) is 58.4 Å². The highest BCUT2D eigenvalue weighted by atomic mass is 16.1. The number of aryl methyl sites for hydroxylation is 1. The molecule has 0 heterocycles. The van der Waals surface area contributed by atoms with Crippen LogP contribution in [0.3, 0.4) is 0 Å². The molecule has 0 unspecified atom stereocenters. The van der Waals surface area contributed by atoms with Gasteiger partial charge in [0.05, 0.1) is 0 Å². The van der Waals surface area contributed by atoms with Crippen LogP contribution in [0, 0.1) is 0 Å². The highest BCUT2D eigenvalue weighted by Gasteiger charge is 2.13. The summed E-state index contributed by atoms with van der Waals surface area (Å²) in [6.45, 7) is 6.61. The van der Waals surface area contributed by atoms with Crippen LogP contribution in [0.4, 0.5) is 11.4 Å². The van der Waals surface area contributed by atoms with Crippen LogP contribution in [0.5, 0.6) is 0 Å². The number of amides is 1. The van der Waals surface area contributed by atoms with E-state index in [0.29, 0.717) is 6.42 Å². The second-order valence-corrected chi connectivity index (χ2v) is 8.20. The van der Waals surface area contributed by atoms with E-state index in [1.165, 1.54) is 11.1 Å². The van der Waals surface area contributed by atoms with Crippen LogP contribution >= 0.6 is 0 Å². The zero-order chi connectivity index (χ0) is 20.1. The molecule has 3 rings (SSSR count). The van der Waals surface area contributed by atoms with Gasteiger partial charge in [0.2, 0.25) is 5.91 Å². The fraction of sp³-hybridized carbons (Fsp3) is 0.240. The van der Waals surface area contributed by atoms with Gasteiger partial charge < -0.3 is 11.1 Å². The minimum Gasteiger partial charge on any atom is -0.399 e. The van der Waals surface area contributed by atoms with E-state index in [4.69, 9.17) is 5.73 Å². The predicted molar refractivity (Wildman–Crippen MR) is 118 cm³/mol. The van der Waals surface area contributed by atoms with Crippen LogP contribution in [-0.4, -0.2) is 5.91 Å². The van der Waals surface area contributed by atoms with Crippen LogP contribution < -0.4 is 11.1 Å². The quantitative estimate of drug-likeness (QED) is 0.556. The number of hydrogen-bond donors (Lipinski definition) is 2. The first-order valence-corrected chi connectivity index (χ1v) is 9.66.